The number of fused-ring (bicyclic) bond motifs is 2. The van der Waals surface area contributed by atoms with Gasteiger partial charge in [0.05, 0.1) is 0 Å². The van der Waals surface area contributed by atoms with E-state index in [9.17, 15) is 0 Å². The predicted octanol–water partition coefficient (Wildman–Crippen LogP) is 1.43. The van der Waals surface area contributed by atoms with E-state index < -0.39 is 0 Å². The average Bonchev–Trinajstić information content (AvgIpc) is 3.51. The monoisotopic (exact) mass is 463 g/mol. The zero-order chi connectivity index (χ0) is 20.1. The molecule has 30 heavy (non-hydrogen) atoms. The molecule has 1 saturated heterocycles. The van der Waals surface area contributed by atoms with E-state index in [1.165, 1.54) is 16.9 Å². The van der Waals surface area contributed by atoms with E-state index in [0.29, 0.717) is 17.8 Å². The van der Waals surface area contributed by atoms with Crippen molar-refractivity contribution in [2.24, 2.45) is 0 Å². The molecule has 0 spiro atoms. The van der Waals surface area contributed by atoms with Gasteiger partial charge in [-0.2, -0.15) is 0 Å². The third-order valence-corrected chi connectivity index (χ3v) is 6.17. The van der Waals surface area contributed by atoms with Crippen LogP contribution in [-0.2, 0) is 4.74 Å². The minimum atomic E-state index is 0.363. The third-order valence-electron chi connectivity index (χ3n) is 5.33. The van der Waals surface area contributed by atoms with Gasteiger partial charge in [0.1, 0.15) is 0 Å². The van der Waals surface area contributed by atoms with Crippen LogP contribution in [0.2, 0.25) is 0 Å². The molecule has 4 aromatic heterocycles. The summed E-state index contributed by atoms with van der Waals surface area (Å²) in [4.78, 5) is 13.9. The third kappa shape index (κ3) is 2.93. The first-order chi connectivity index (χ1) is 14.8. The quantitative estimate of drug-likeness (QED) is 0.374. The Hall–Kier alpha value is -3.03. The first-order valence-electron chi connectivity index (χ1n) is 9.76. The minimum absolute atomic E-state index is 0.363. The van der Waals surface area contributed by atoms with Crippen molar-refractivity contribution in [3.63, 3.8) is 0 Å². The Labute approximate surface area is 179 Å². The number of ether oxygens (including phenoxy) is 1. The topological polar surface area (TPSA) is 96.7 Å². The number of hydrogen-bond donors (Lipinski definition) is 0. The molecule has 150 valence electrons. The first kappa shape index (κ1) is 17.8. The molecular weight excluding hydrogens is 445 g/mol. The number of rotatable bonds is 3. The van der Waals surface area contributed by atoms with Crippen molar-refractivity contribution in [2.45, 2.75) is 18.9 Å². The first-order valence-corrected chi connectivity index (χ1v) is 11.0. The van der Waals surface area contributed by atoms with Gasteiger partial charge in [-0.15, -0.1) is 0 Å². The Morgan fingerprint density at radius 1 is 0.967 bits per heavy atom. The van der Waals surface area contributed by atoms with Crippen molar-refractivity contribution in [3.8, 4) is 17.4 Å². The molecule has 1 aliphatic rings. The van der Waals surface area contributed by atoms with Crippen LogP contribution >= 0.6 is 0 Å². The van der Waals surface area contributed by atoms with Crippen LogP contribution in [0.4, 0.5) is 0 Å². The molecule has 1 aromatic carbocycles. The van der Waals surface area contributed by atoms with Gasteiger partial charge in [0.2, 0.25) is 0 Å². The fourth-order valence-electron chi connectivity index (χ4n) is 3.81. The number of oxazole rings is 1. The maximum absolute atomic E-state index is 5.84. The summed E-state index contributed by atoms with van der Waals surface area (Å²) in [7, 11) is 0. The van der Waals surface area contributed by atoms with Crippen molar-refractivity contribution >= 4 is 43.5 Å². The SMILES string of the molecule is [AsH2]c1nc(-c2nc3ccccc3o2)nc2cnn(-c3cnn(C4CCOCC4)c3)c12. The van der Waals surface area contributed by atoms with E-state index in [0.717, 1.165) is 58.4 Å². The second-order valence-corrected chi connectivity index (χ2v) is 8.38. The molecule has 1 unspecified atom stereocenters. The van der Waals surface area contributed by atoms with E-state index in [1.807, 2.05) is 46.0 Å². The molecule has 10 heteroatoms. The molecule has 1 fully saturated rings. The van der Waals surface area contributed by atoms with E-state index in [4.69, 9.17) is 9.15 Å². The van der Waals surface area contributed by atoms with Crippen LogP contribution in [0.3, 0.4) is 0 Å². The summed E-state index contributed by atoms with van der Waals surface area (Å²) in [5.41, 5.74) is 4.03. The summed E-state index contributed by atoms with van der Waals surface area (Å²) in [6.07, 6.45) is 7.56. The second-order valence-electron chi connectivity index (χ2n) is 7.23. The van der Waals surface area contributed by atoms with Gasteiger partial charge in [-0.1, -0.05) is 0 Å². The molecule has 0 aliphatic carbocycles. The van der Waals surface area contributed by atoms with Crippen LogP contribution in [0.5, 0.6) is 0 Å². The van der Waals surface area contributed by atoms with Gasteiger partial charge in [-0.25, -0.2) is 0 Å². The van der Waals surface area contributed by atoms with Crippen LogP contribution in [0.1, 0.15) is 18.9 Å². The fourth-order valence-corrected chi connectivity index (χ4v) is 4.64. The summed E-state index contributed by atoms with van der Waals surface area (Å²) < 4.78 is 16.0. The van der Waals surface area contributed by atoms with E-state index >= 15 is 0 Å². The van der Waals surface area contributed by atoms with Gasteiger partial charge >= 0.3 is 179 Å². The molecule has 6 rings (SSSR count). The van der Waals surface area contributed by atoms with Crippen LogP contribution in [0.15, 0.2) is 47.3 Å². The normalized spacial score (nSPS) is 15.4. The maximum atomic E-state index is 5.84. The summed E-state index contributed by atoms with van der Waals surface area (Å²) in [5.74, 6) is 0.882. The zero-order valence-corrected chi connectivity index (χ0v) is 18.4. The molecular formula is C20H18AsN7O2. The standard InChI is InChI=1S/C20H18AsN7O2/c21-18-17-15(24-19(26-18)20-25-14-3-1-2-4-16(14)30-20)10-23-28(17)13-9-22-27(11-13)12-5-7-29-8-6-12/h1-4,9-12H,5-8,21H2. The molecule has 0 N–H and O–H groups in total. The van der Waals surface area contributed by atoms with Crippen molar-refractivity contribution < 1.29 is 9.15 Å². The summed E-state index contributed by atoms with van der Waals surface area (Å²) in [6.45, 7) is 1.55. The zero-order valence-electron chi connectivity index (χ0n) is 16.0. The van der Waals surface area contributed by atoms with Crippen molar-refractivity contribution in [1.29, 1.82) is 0 Å². The average molecular weight is 463 g/mol. The van der Waals surface area contributed by atoms with Gasteiger partial charge < -0.3 is 0 Å². The molecule has 0 bridgehead atoms. The van der Waals surface area contributed by atoms with E-state index in [1.54, 1.807) is 6.20 Å². The fraction of sp³-hybridized carbons (Fsp3) is 0.250. The molecule has 0 radical (unpaired) electrons. The number of aromatic nitrogens is 7. The van der Waals surface area contributed by atoms with Crippen LogP contribution in [0, 0.1) is 0 Å². The van der Waals surface area contributed by atoms with E-state index in [2.05, 4.69) is 25.1 Å². The molecule has 5 aromatic rings. The van der Waals surface area contributed by atoms with Crippen LogP contribution < -0.4 is 4.48 Å². The molecule has 0 amide bonds. The Bertz CT molecular complexity index is 1330. The second kappa shape index (κ2) is 7.04. The van der Waals surface area contributed by atoms with Crippen LogP contribution in [-0.4, -0.2) is 64.6 Å². The molecule has 1 atom stereocenters. The van der Waals surface area contributed by atoms with Gasteiger partial charge in [0.15, 0.2) is 0 Å². The van der Waals surface area contributed by atoms with Gasteiger partial charge in [-0.3, -0.25) is 0 Å². The van der Waals surface area contributed by atoms with Gasteiger partial charge in [-0.05, 0) is 0 Å². The summed E-state index contributed by atoms with van der Waals surface area (Å²) >= 11 is 1.40. The van der Waals surface area contributed by atoms with Crippen molar-refractivity contribution in [2.75, 3.05) is 13.2 Å². The molecule has 5 heterocycles. The summed E-state index contributed by atoms with van der Waals surface area (Å²) in [6, 6.07) is 8.00. The van der Waals surface area contributed by atoms with Crippen LogP contribution in [0.25, 0.3) is 39.5 Å². The predicted molar refractivity (Wildman–Crippen MR) is 113 cm³/mol. The molecule has 1 aliphatic heterocycles. The van der Waals surface area contributed by atoms with Gasteiger partial charge in [0, 0.05) is 0 Å². The Morgan fingerprint density at radius 2 is 1.83 bits per heavy atom. The number of benzene rings is 1. The number of hydrogen-bond acceptors (Lipinski definition) is 7. The number of para-hydroxylation sites is 2. The number of nitrogens with zero attached hydrogens (tertiary/aromatic N) is 7. The van der Waals surface area contributed by atoms with Gasteiger partial charge in [0.25, 0.3) is 0 Å². The molecule has 0 saturated carbocycles. The van der Waals surface area contributed by atoms with Crippen molar-refractivity contribution in [1.82, 2.24) is 34.5 Å². The Morgan fingerprint density at radius 3 is 2.70 bits per heavy atom. The van der Waals surface area contributed by atoms with E-state index in [-0.39, 0.29) is 0 Å². The Kier molecular flexibility index (Phi) is 4.17. The van der Waals surface area contributed by atoms with Crippen molar-refractivity contribution in [3.05, 3.63) is 42.9 Å². The molecule has 9 nitrogen and oxygen atoms in total. The Balaban J connectivity index is 1.40. The summed E-state index contributed by atoms with van der Waals surface area (Å²) in [5, 5.41) is 9.12.